The highest BCUT2D eigenvalue weighted by molar-refractivity contribution is 5.71. The van der Waals surface area contributed by atoms with Crippen molar-refractivity contribution < 1.29 is 28.6 Å². The average Bonchev–Trinajstić information content (AvgIpc) is 3.35. The summed E-state index contributed by atoms with van der Waals surface area (Å²) in [4.78, 5) is 38.1. The number of carbonyl (C=O) groups is 3. The Balaban J connectivity index is 4.19. The molecule has 0 aromatic heterocycles. The maximum Gasteiger partial charge on any atom is 0.306 e. The lowest BCUT2D eigenvalue weighted by Crippen LogP contribution is -2.30. The molecule has 0 aliphatic rings. The summed E-state index contributed by atoms with van der Waals surface area (Å²) in [6, 6.07) is 0. The smallest absolute Gasteiger partial charge is 0.306 e. The number of ether oxygens (including phenoxy) is 3. The lowest BCUT2D eigenvalue weighted by molar-refractivity contribution is -0.167. The molecule has 0 bridgehead atoms. The van der Waals surface area contributed by atoms with Crippen molar-refractivity contribution in [3.63, 3.8) is 0 Å². The molecule has 0 aromatic carbocycles. The van der Waals surface area contributed by atoms with Crippen LogP contribution in [0.4, 0.5) is 0 Å². The molecule has 0 aliphatic heterocycles. The Bertz CT molecular complexity index is 1290. The molecule has 0 spiro atoms. The van der Waals surface area contributed by atoms with E-state index in [0.717, 1.165) is 103 Å². The maximum atomic E-state index is 12.8. The molecule has 1 atom stereocenters. The number of unbranched alkanes of at least 4 members (excludes halogenated alkanes) is 30. The molecular weight excluding hydrogens is 853 g/mol. The summed E-state index contributed by atoms with van der Waals surface area (Å²) in [5, 5.41) is 0. The largest absolute Gasteiger partial charge is 0.462 e. The van der Waals surface area contributed by atoms with Gasteiger partial charge in [0.1, 0.15) is 13.2 Å². The Labute approximate surface area is 427 Å². The minimum Gasteiger partial charge on any atom is -0.462 e. The van der Waals surface area contributed by atoms with Crippen LogP contribution in [0.15, 0.2) is 72.9 Å². The van der Waals surface area contributed by atoms with E-state index in [-0.39, 0.29) is 31.1 Å². The van der Waals surface area contributed by atoms with Gasteiger partial charge in [0.2, 0.25) is 0 Å². The van der Waals surface area contributed by atoms with E-state index in [1.54, 1.807) is 0 Å². The lowest BCUT2D eigenvalue weighted by Gasteiger charge is -2.18. The number of hydrogen-bond donors (Lipinski definition) is 0. The topological polar surface area (TPSA) is 78.9 Å². The van der Waals surface area contributed by atoms with E-state index in [9.17, 15) is 14.4 Å². The summed E-state index contributed by atoms with van der Waals surface area (Å²) in [5.41, 5.74) is 0. The third kappa shape index (κ3) is 55.6. The molecule has 6 heteroatoms. The van der Waals surface area contributed by atoms with Crippen LogP contribution in [0.2, 0.25) is 0 Å². The zero-order valence-electron chi connectivity index (χ0n) is 45.6. The molecule has 6 nitrogen and oxygen atoms in total. The number of rotatable bonds is 53. The van der Waals surface area contributed by atoms with Crippen LogP contribution in [0.3, 0.4) is 0 Å². The summed E-state index contributed by atoms with van der Waals surface area (Å²) in [7, 11) is 0. The van der Waals surface area contributed by atoms with Gasteiger partial charge in [-0.1, -0.05) is 241 Å². The molecule has 0 radical (unpaired) electrons. The lowest BCUT2D eigenvalue weighted by atomic mass is 10.0. The van der Waals surface area contributed by atoms with Crippen LogP contribution in [-0.2, 0) is 28.6 Å². The van der Waals surface area contributed by atoms with Gasteiger partial charge in [0.15, 0.2) is 6.10 Å². The monoisotopic (exact) mass is 963 g/mol. The van der Waals surface area contributed by atoms with E-state index in [4.69, 9.17) is 14.2 Å². The van der Waals surface area contributed by atoms with Gasteiger partial charge in [-0.15, -0.1) is 0 Å². The first kappa shape index (κ1) is 65.8. The van der Waals surface area contributed by atoms with Gasteiger partial charge < -0.3 is 14.2 Å². The summed E-state index contributed by atoms with van der Waals surface area (Å²) < 4.78 is 16.8. The number of carbonyl (C=O) groups excluding carboxylic acids is 3. The molecule has 0 rings (SSSR count). The first-order valence-electron chi connectivity index (χ1n) is 29.4. The molecule has 1 unspecified atom stereocenters. The van der Waals surface area contributed by atoms with Crippen LogP contribution in [0.5, 0.6) is 0 Å². The molecular formula is C63H110O6. The molecule has 0 heterocycles. The third-order valence-corrected chi connectivity index (χ3v) is 12.7. The van der Waals surface area contributed by atoms with E-state index in [1.165, 1.54) is 148 Å². The Hall–Kier alpha value is -3.15. The van der Waals surface area contributed by atoms with E-state index < -0.39 is 6.10 Å². The second-order valence-corrected chi connectivity index (χ2v) is 19.5. The van der Waals surface area contributed by atoms with E-state index in [2.05, 4.69) is 93.7 Å². The van der Waals surface area contributed by atoms with Gasteiger partial charge in [0.25, 0.3) is 0 Å². The zero-order chi connectivity index (χ0) is 50.0. The SMILES string of the molecule is CC/C=C\C/C=C\C/C=C\C/C=C\CCCCCCCCCCCCCCCCC(=O)OCC(COC(=O)CCCCCCC/C=C\CCCC)OC(=O)CCCCCCC/C=C\CCCCCC. The molecule has 0 saturated heterocycles. The van der Waals surface area contributed by atoms with Crippen molar-refractivity contribution in [2.24, 2.45) is 0 Å². The highest BCUT2D eigenvalue weighted by atomic mass is 16.6. The number of allylic oxidation sites excluding steroid dienone is 12. The number of esters is 3. The van der Waals surface area contributed by atoms with Crippen molar-refractivity contribution >= 4 is 17.9 Å². The third-order valence-electron chi connectivity index (χ3n) is 12.7. The highest BCUT2D eigenvalue weighted by Crippen LogP contribution is 2.16. The summed E-state index contributed by atoms with van der Waals surface area (Å²) in [5.74, 6) is -0.892. The molecule has 0 aromatic rings. The maximum absolute atomic E-state index is 12.8. The van der Waals surface area contributed by atoms with Gasteiger partial charge in [-0.3, -0.25) is 14.4 Å². The Morgan fingerprint density at radius 3 is 0.942 bits per heavy atom. The molecule has 0 fully saturated rings. The normalized spacial score (nSPS) is 12.6. The van der Waals surface area contributed by atoms with E-state index in [1.807, 2.05) is 0 Å². The number of hydrogen-bond acceptors (Lipinski definition) is 6. The first-order chi connectivity index (χ1) is 34.0. The van der Waals surface area contributed by atoms with Gasteiger partial charge in [-0.2, -0.15) is 0 Å². The minimum atomic E-state index is -0.781. The molecule has 398 valence electrons. The average molecular weight is 964 g/mol. The summed E-state index contributed by atoms with van der Waals surface area (Å²) >= 11 is 0. The van der Waals surface area contributed by atoms with Crippen LogP contribution < -0.4 is 0 Å². The Morgan fingerprint density at radius 1 is 0.304 bits per heavy atom. The van der Waals surface area contributed by atoms with Gasteiger partial charge in [-0.25, -0.2) is 0 Å². The van der Waals surface area contributed by atoms with Crippen LogP contribution in [0.1, 0.15) is 290 Å². The summed E-state index contributed by atoms with van der Waals surface area (Å²) in [6.45, 7) is 6.48. The van der Waals surface area contributed by atoms with Crippen molar-refractivity contribution in [3.05, 3.63) is 72.9 Å². The fourth-order valence-corrected chi connectivity index (χ4v) is 8.23. The molecule has 69 heavy (non-hydrogen) atoms. The molecule has 0 N–H and O–H groups in total. The van der Waals surface area contributed by atoms with Gasteiger partial charge in [-0.05, 0) is 103 Å². The highest BCUT2D eigenvalue weighted by Gasteiger charge is 2.19. The Morgan fingerprint density at radius 2 is 0.580 bits per heavy atom. The predicted molar refractivity (Wildman–Crippen MR) is 298 cm³/mol. The fraction of sp³-hybridized carbons (Fsp3) is 0.762. The second-order valence-electron chi connectivity index (χ2n) is 19.5. The second kappa shape index (κ2) is 57.4. The predicted octanol–water partition coefficient (Wildman–Crippen LogP) is 19.8. The van der Waals surface area contributed by atoms with Gasteiger partial charge >= 0.3 is 17.9 Å². The standard InChI is InChI=1S/C63H110O6/c1-4-7-10-13-16-19-22-24-25-26-27-28-29-30-31-32-33-34-35-36-37-39-41-44-47-50-53-56-62(65)68-59-60(58-67-61(64)55-52-49-46-43-40-21-18-15-12-9-6-3)69-63(66)57-54-51-48-45-42-38-23-20-17-14-11-8-5-2/h7,10,15-16,18-20,23-25,27-28,60H,4-6,8-9,11-14,17,21-22,26,29-59H2,1-3H3/b10-7-,18-15-,19-16-,23-20-,25-24-,28-27-. The minimum absolute atomic E-state index is 0.0798. The van der Waals surface area contributed by atoms with E-state index >= 15 is 0 Å². The summed E-state index contributed by atoms with van der Waals surface area (Å²) in [6.07, 6.45) is 73.4. The molecule has 0 aliphatic carbocycles. The van der Waals surface area contributed by atoms with Crippen molar-refractivity contribution in [1.82, 2.24) is 0 Å². The van der Waals surface area contributed by atoms with Crippen LogP contribution in [0.25, 0.3) is 0 Å². The Kier molecular flexibility index (Phi) is 54.8. The van der Waals surface area contributed by atoms with Crippen LogP contribution >= 0.6 is 0 Å². The van der Waals surface area contributed by atoms with E-state index in [0.29, 0.717) is 19.3 Å². The van der Waals surface area contributed by atoms with Gasteiger partial charge in [0.05, 0.1) is 0 Å². The van der Waals surface area contributed by atoms with Crippen molar-refractivity contribution in [2.75, 3.05) is 13.2 Å². The van der Waals surface area contributed by atoms with Crippen LogP contribution in [0, 0.1) is 0 Å². The fourth-order valence-electron chi connectivity index (χ4n) is 8.23. The van der Waals surface area contributed by atoms with Crippen molar-refractivity contribution in [2.45, 2.75) is 297 Å². The molecule has 0 saturated carbocycles. The van der Waals surface area contributed by atoms with Gasteiger partial charge in [0, 0.05) is 19.3 Å². The quantitative estimate of drug-likeness (QED) is 0.0262. The molecule has 0 amide bonds. The van der Waals surface area contributed by atoms with Crippen LogP contribution in [-0.4, -0.2) is 37.2 Å². The first-order valence-corrected chi connectivity index (χ1v) is 29.4. The van der Waals surface area contributed by atoms with Crippen molar-refractivity contribution in [3.8, 4) is 0 Å². The zero-order valence-corrected chi connectivity index (χ0v) is 45.6. The van der Waals surface area contributed by atoms with Crippen molar-refractivity contribution in [1.29, 1.82) is 0 Å².